The van der Waals surface area contributed by atoms with Crippen molar-refractivity contribution >= 4 is 31.9 Å². The second-order valence-corrected chi connectivity index (χ2v) is 5.31. The fourth-order valence-corrected chi connectivity index (χ4v) is 2.98. The average molecular weight is 336 g/mol. The number of piperazine rings is 1. The summed E-state index contributed by atoms with van der Waals surface area (Å²) in [6, 6.07) is 3.97. The average Bonchev–Trinajstić information content (AvgIpc) is 2.24. The number of halogens is 2. The molecule has 1 aliphatic rings. The molecule has 0 amide bonds. The van der Waals surface area contributed by atoms with Crippen molar-refractivity contribution in [3.8, 4) is 5.75 Å². The summed E-state index contributed by atoms with van der Waals surface area (Å²) in [6.07, 6.45) is 0. The highest BCUT2D eigenvalue weighted by atomic mass is 79.9. The molecule has 1 fully saturated rings. The molecule has 2 rings (SSSR count). The van der Waals surface area contributed by atoms with E-state index in [9.17, 15) is 5.11 Å². The van der Waals surface area contributed by atoms with E-state index in [0.29, 0.717) is 5.75 Å². The van der Waals surface area contributed by atoms with E-state index in [2.05, 4.69) is 42.5 Å². The second-order valence-electron chi connectivity index (χ2n) is 3.54. The molecule has 0 spiro atoms. The first-order valence-corrected chi connectivity index (χ1v) is 6.39. The van der Waals surface area contributed by atoms with Crippen molar-refractivity contribution in [2.45, 2.75) is 6.04 Å². The minimum absolute atomic E-state index is 0.174. The number of aromatic hydroxyl groups is 1. The van der Waals surface area contributed by atoms with Crippen molar-refractivity contribution in [1.29, 1.82) is 0 Å². The molecule has 1 aliphatic heterocycles. The molecule has 0 radical (unpaired) electrons. The summed E-state index contributed by atoms with van der Waals surface area (Å²) in [5.74, 6) is 0.319. The molecule has 1 aromatic carbocycles. The Morgan fingerprint density at radius 3 is 2.73 bits per heavy atom. The molecule has 1 saturated heterocycles. The first-order valence-electron chi connectivity index (χ1n) is 4.80. The lowest BCUT2D eigenvalue weighted by molar-refractivity contribution is 0.403. The Bertz CT molecular complexity index is 365. The molecule has 0 saturated carbocycles. The molecular weight excluding hydrogens is 324 g/mol. The Morgan fingerprint density at radius 1 is 1.27 bits per heavy atom. The molecule has 1 atom stereocenters. The van der Waals surface area contributed by atoms with Gasteiger partial charge < -0.3 is 15.7 Å². The third kappa shape index (κ3) is 2.53. The van der Waals surface area contributed by atoms with Crippen LogP contribution in [0.2, 0.25) is 0 Å². The maximum absolute atomic E-state index is 9.94. The van der Waals surface area contributed by atoms with Crippen LogP contribution in [-0.4, -0.2) is 24.7 Å². The van der Waals surface area contributed by atoms with Crippen LogP contribution in [0.5, 0.6) is 5.75 Å². The maximum atomic E-state index is 9.94. The SMILES string of the molecule is Oc1c(Br)cc(Br)cc1[C@H]1CNCCN1. The molecule has 0 bridgehead atoms. The highest BCUT2D eigenvalue weighted by Crippen LogP contribution is 2.35. The van der Waals surface area contributed by atoms with Crippen LogP contribution < -0.4 is 10.6 Å². The van der Waals surface area contributed by atoms with Crippen LogP contribution >= 0.6 is 31.9 Å². The van der Waals surface area contributed by atoms with Crippen LogP contribution in [-0.2, 0) is 0 Å². The second kappa shape index (κ2) is 4.82. The molecule has 1 heterocycles. The van der Waals surface area contributed by atoms with Gasteiger partial charge in [0, 0.05) is 35.7 Å². The Labute approximate surface area is 106 Å². The van der Waals surface area contributed by atoms with E-state index in [1.165, 1.54) is 0 Å². The molecule has 0 unspecified atom stereocenters. The number of phenols is 1. The third-order valence-electron chi connectivity index (χ3n) is 2.47. The molecule has 3 nitrogen and oxygen atoms in total. The van der Waals surface area contributed by atoms with E-state index in [4.69, 9.17) is 0 Å². The monoisotopic (exact) mass is 334 g/mol. The normalized spacial score (nSPS) is 21.6. The van der Waals surface area contributed by atoms with Crippen LogP contribution in [0.4, 0.5) is 0 Å². The molecule has 82 valence electrons. The maximum Gasteiger partial charge on any atom is 0.134 e. The Balaban J connectivity index is 2.33. The van der Waals surface area contributed by atoms with Crippen LogP contribution in [0.3, 0.4) is 0 Å². The number of phenolic OH excluding ortho intramolecular Hbond substituents is 1. The summed E-state index contributed by atoms with van der Waals surface area (Å²) in [5, 5.41) is 16.6. The van der Waals surface area contributed by atoms with Gasteiger partial charge in [-0.05, 0) is 28.1 Å². The fraction of sp³-hybridized carbons (Fsp3) is 0.400. The molecular formula is C10H12Br2N2O. The van der Waals surface area contributed by atoms with Gasteiger partial charge in [-0.15, -0.1) is 0 Å². The van der Waals surface area contributed by atoms with Gasteiger partial charge in [-0.3, -0.25) is 0 Å². The summed E-state index contributed by atoms with van der Waals surface area (Å²) in [7, 11) is 0. The van der Waals surface area contributed by atoms with E-state index in [-0.39, 0.29) is 6.04 Å². The number of hydrogen-bond donors (Lipinski definition) is 3. The topological polar surface area (TPSA) is 44.3 Å². The van der Waals surface area contributed by atoms with Gasteiger partial charge in [0.2, 0.25) is 0 Å². The summed E-state index contributed by atoms with van der Waals surface area (Å²) in [5.41, 5.74) is 0.920. The fourth-order valence-electron chi connectivity index (χ4n) is 1.72. The summed E-state index contributed by atoms with van der Waals surface area (Å²) in [4.78, 5) is 0. The zero-order valence-corrected chi connectivity index (χ0v) is 11.2. The van der Waals surface area contributed by atoms with Gasteiger partial charge >= 0.3 is 0 Å². The minimum Gasteiger partial charge on any atom is -0.506 e. The van der Waals surface area contributed by atoms with Gasteiger partial charge in [0.05, 0.1) is 4.47 Å². The van der Waals surface area contributed by atoms with Crippen molar-refractivity contribution in [3.63, 3.8) is 0 Å². The van der Waals surface area contributed by atoms with E-state index < -0.39 is 0 Å². The Kier molecular flexibility index (Phi) is 3.66. The number of benzene rings is 1. The predicted octanol–water partition coefficient (Wildman–Crippen LogP) is 2.15. The van der Waals surface area contributed by atoms with E-state index in [1.54, 1.807) is 0 Å². The van der Waals surface area contributed by atoms with Crippen molar-refractivity contribution in [2.24, 2.45) is 0 Å². The summed E-state index contributed by atoms with van der Waals surface area (Å²) >= 11 is 6.76. The lowest BCUT2D eigenvalue weighted by atomic mass is 10.0. The van der Waals surface area contributed by atoms with Gasteiger partial charge in [-0.2, -0.15) is 0 Å². The Hall–Kier alpha value is -0.100. The third-order valence-corrected chi connectivity index (χ3v) is 3.54. The number of rotatable bonds is 1. The van der Waals surface area contributed by atoms with Crippen molar-refractivity contribution in [2.75, 3.05) is 19.6 Å². The molecule has 0 aliphatic carbocycles. The molecule has 15 heavy (non-hydrogen) atoms. The first kappa shape index (κ1) is 11.4. The number of nitrogens with one attached hydrogen (secondary N) is 2. The quantitative estimate of drug-likeness (QED) is 0.737. The smallest absolute Gasteiger partial charge is 0.134 e. The highest BCUT2D eigenvalue weighted by molar-refractivity contribution is 9.11. The van der Waals surface area contributed by atoms with Gasteiger partial charge in [0.25, 0.3) is 0 Å². The Morgan fingerprint density at radius 2 is 2.07 bits per heavy atom. The predicted molar refractivity (Wildman–Crippen MR) is 67.1 cm³/mol. The van der Waals surface area contributed by atoms with Crippen LogP contribution in [0.25, 0.3) is 0 Å². The van der Waals surface area contributed by atoms with Crippen molar-refractivity contribution in [1.82, 2.24) is 10.6 Å². The lowest BCUT2D eigenvalue weighted by Gasteiger charge is -2.25. The van der Waals surface area contributed by atoms with Crippen LogP contribution in [0.15, 0.2) is 21.1 Å². The van der Waals surface area contributed by atoms with Gasteiger partial charge in [-0.1, -0.05) is 15.9 Å². The van der Waals surface area contributed by atoms with Crippen molar-refractivity contribution < 1.29 is 5.11 Å². The van der Waals surface area contributed by atoms with Crippen molar-refractivity contribution in [3.05, 3.63) is 26.6 Å². The van der Waals surface area contributed by atoms with E-state index in [1.807, 2.05) is 12.1 Å². The zero-order chi connectivity index (χ0) is 10.8. The van der Waals surface area contributed by atoms with Gasteiger partial charge in [-0.25, -0.2) is 0 Å². The van der Waals surface area contributed by atoms with E-state index in [0.717, 1.165) is 34.1 Å². The lowest BCUT2D eigenvalue weighted by Crippen LogP contribution is -2.42. The van der Waals surface area contributed by atoms with Crippen LogP contribution in [0.1, 0.15) is 11.6 Å². The largest absolute Gasteiger partial charge is 0.506 e. The summed E-state index contributed by atoms with van der Waals surface area (Å²) < 4.78 is 1.69. The standard InChI is InChI=1S/C10H12Br2N2O/c11-6-3-7(10(15)8(12)4-6)9-5-13-1-2-14-9/h3-4,9,13-15H,1-2,5H2/t9-/m1/s1. The highest BCUT2D eigenvalue weighted by Gasteiger charge is 2.19. The first-order chi connectivity index (χ1) is 7.18. The summed E-state index contributed by atoms with van der Waals surface area (Å²) in [6.45, 7) is 2.75. The molecule has 3 N–H and O–H groups in total. The minimum atomic E-state index is 0.174. The molecule has 5 heteroatoms. The van der Waals surface area contributed by atoms with Gasteiger partial charge in [0.15, 0.2) is 0 Å². The number of hydrogen-bond acceptors (Lipinski definition) is 3. The van der Waals surface area contributed by atoms with Gasteiger partial charge in [0.1, 0.15) is 5.75 Å². The molecule has 1 aromatic rings. The van der Waals surface area contributed by atoms with E-state index >= 15 is 0 Å². The molecule has 0 aromatic heterocycles. The van der Waals surface area contributed by atoms with Crippen LogP contribution in [0, 0.1) is 0 Å². The zero-order valence-electron chi connectivity index (χ0n) is 8.06.